The maximum Gasteiger partial charge on any atom is 0.255 e. The molecular weight excluding hydrogens is 254 g/mol. The number of hydrogen-bond donors (Lipinski definition) is 2. The summed E-state index contributed by atoms with van der Waals surface area (Å²) < 4.78 is 0. The van der Waals surface area contributed by atoms with Gasteiger partial charge in [-0.25, -0.2) is 4.98 Å². The Labute approximate surface area is 112 Å². The van der Waals surface area contributed by atoms with Crippen LogP contribution in [0.4, 0.5) is 5.82 Å². The first kappa shape index (κ1) is 14.7. The highest BCUT2D eigenvalue weighted by Crippen LogP contribution is 2.22. The number of hydrogen-bond acceptors (Lipinski definition) is 4. The normalized spacial score (nSPS) is 11.2. The van der Waals surface area contributed by atoms with Gasteiger partial charge >= 0.3 is 0 Å². The summed E-state index contributed by atoms with van der Waals surface area (Å²) in [7, 11) is 3.34. The van der Waals surface area contributed by atoms with Gasteiger partial charge in [-0.2, -0.15) is 0 Å². The van der Waals surface area contributed by atoms with E-state index < -0.39 is 5.54 Å². The van der Waals surface area contributed by atoms with Crippen LogP contribution in [0.3, 0.4) is 0 Å². The van der Waals surface area contributed by atoms with Crippen molar-refractivity contribution in [1.82, 2.24) is 9.88 Å². The Bertz CT molecular complexity index is 449. The van der Waals surface area contributed by atoms with Crippen LogP contribution in [0, 0.1) is 0 Å². The molecule has 0 saturated heterocycles. The highest BCUT2D eigenvalue weighted by atomic mass is 35.5. The second kappa shape index (κ2) is 5.54. The van der Waals surface area contributed by atoms with E-state index in [1.54, 1.807) is 34.0 Å². The Morgan fingerprint density at radius 3 is 2.67 bits per heavy atom. The highest BCUT2D eigenvalue weighted by molar-refractivity contribution is 6.33. The lowest BCUT2D eigenvalue weighted by Crippen LogP contribution is -2.47. The number of carbonyl (C=O) groups excluding carboxylic acids is 1. The van der Waals surface area contributed by atoms with E-state index in [1.165, 1.54) is 11.1 Å². The van der Waals surface area contributed by atoms with Gasteiger partial charge in [-0.3, -0.25) is 4.79 Å². The standard InChI is InChI=1S/C12H18ClN3O2/c1-12(2,7-17)16(4)11(18)8-5-9(13)10(14-3)15-6-8/h5-6,17H,7H2,1-4H3,(H,14,15). The molecule has 1 heterocycles. The van der Waals surface area contributed by atoms with Crippen LogP contribution in [0.25, 0.3) is 0 Å². The van der Waals surface area contributed by atoms with Crippen molar-refractivity contribution in [2.24, 2.45) is 0 Å². The summed E-state index contributed by atoms with van der Waals surface area (Å²) in [4.78, 5) is 17.7. The number of rotatable bonds is 4. The van der Waals surface area contributed by atoms with Crippen LogP contribution in [0.15, 0.2) is 12.3 Å². The first-order chi connectivity index (χ1) is 8.33. The van der Waals surface area contributed by atoms with E-state index in [2.05, 4.69) is 10.3 Å². The molecular formula is C12H18ClN3O2. The number of anilines is 1. The zero-order valence-corrected chi connectivity index (χ0v) is 11.7. The van der Waals surface area contributed by atoms with Gasteiger partial charge in [-0.1, -0.05) is 11.6 Å². The monoisotopic (exact) mass is 271 g/mol. The molecule has 1 rings (SSSR count). The van der Waals surface area contributed by atoms with Crippen molar-refractivity contribution in [2.75, 3.05) is 26.0 Å². The Hall–Kier alpha value is -1.33. The van der Waals surface area contributed by atoms with E-state index in [0.29, 0.717) is 16.4 Å². The molecule has 1 aromatic rings. The zero-order valence-electron chi connectivity index (χ0n) is 11.0. The molecule has 6 heteroatoms. The molecule has 5 nitrogen and oxygen atoms in total. The Kier molecular flexibility index (Phi) is 4.53. The molecule has 0 aliphatic heterocycles. The fraction of sp³-hybridized carbons (Fsp3) is 0.500. The topological polar surface area (TPSA) is 65.5 Å². The first-order valence-corrected chi connectivity index (χ1v) is 5.93. The maximum absolute atomic E-state index is 12.2. The van der Waals surface area contributed by atoms with Crippen LogP contribution in [-0.2, 0) is 0 Å². The summed E-state index contributed by atoms with van der Waals surface area (Å²) in [5.74, 6) is 0.295. The lowest BCUT2D eigenvalue weighted by molar-refractivity contribution is 0.0473. The number of aliphatic hydroxyl groups excluding tert-OH is 1. The van der Waals surface area contributed by atoms with E-state index in [0.717, 1.165) is 0 Å². The lowest BCUT2D eigenvalue weighted by atomic mass is 10.0. The molecule has 1 amide bonds. The Balaban J connectivity index is 3.01. The van der Waals surface area contributed by atoms with Crippen molar-refractivity contribution in [3.05, 3.63) is 22.8 Å². The largest absolute Gasteiger partial charge is 0.394 e. The number of amides is 1. The average Bonchev–Trinajstić information content (AvgIpc) is 2.36. The fourth-order valence-electron chi connectivity index (χ4n) is 1.31. The van der Waals surface area contributed by atoms with Crippen molar-refractivity contribution in [2.45, 2.75) is 19.4 Å². The number of carbonyl (C=O) groups is 1. The molecule has 0 aromatic carbocycles. The number of likely N-dealkylation sites (N-methyl/N-ethyl adjacent to an activating group) is 1. The SMILES string of the molecule is CNc1ncc(C(=O)N(C)C(C)(C)CO)cc1Cl. The predicted molar refractivity (Wildman–Crippen MR) is 72.1 cm³/mol. The molecule has 0 radical (unpaired) electrons. The molecule has 0 aliphatic carbocycles. The van der Waals surface area contributed by atoms with Crippen LogP contribution in [0.2, 0.25) is 5.02 Å². The van der Waals surface area contributed by atoms with Gasteiger partial charge in [0, 0.05) is 20.3 Å². The number of aliphatic hydroxyl groups is 1. The predicted octanol–water partition coefficient (Wildman–Crippen LogP) is 1.62. The van der Waals surface area contributed by atoms with Gasteiger partial charge in [0.1, 0.15) is 5.82 Å². The van der Waals surface area contributed by atoms with E-state index >= 15 is 0 Å². The summed E-state index contributed by atoms with van der Waals surface area (Å²) in [5.41, 5.74) is -0.242. The molecule has 0 fully saturated rings. The van der Waals surface area contributed by atoms with E-state index in [1.807, 2.05) is 0 Å². The second-order valence-electron chi connectivity index (χ2n) is 4.64. The molecule has 18 heavy (non-hydrogen) atoms. The van der Waals surface area contributed by atoms with Crippen LogP contribution in [-0.4, -0.2) is 47.1 Å². The van der Waals surface area contributed by atoms with E-state index in [4.69, 9.17) is 11.6 Å². The van der Waals surface area contributed by atoms with Crippen molar-refractivity contribution in [3.8, 4) is 0 Å². The van der Waals surface area contributed by atoms with Gasteiger partial charge in [0.2, 0.25) is 0 Å². The summed E-state index contributed by atoms with van der Waals surface area (Å²) >= 11 is 5.98. The van der Waals surface area contributed by atoms with Gasteiger partial charge in [0.05, 0.1) is 22.7 Å². The van der Waals surface area contributed by atoms with Gasteiger partial charge in [0.25, 0.3) is 5.91 Å². The van der Waals surface area contributed by atoms with Crippen molar-refractivity contribution < 1.29 is 9.90 Å². The first-order valence-electron chi connectivity index (χ1n) is 5.56. The molecule has 1 aromatic heterocycles. The molecule has 0 atom stereocenters. The molecule has 0 aliphatic rings. The Morgan fingerprint density at radius 1 is 1.61 bits per heavy atom. The average molecular weight is 272 g/mol. The van der Waals surface area contributed by atoms with Crippen molar-refractivity contribution >= 4 is 23.3 Å². The third kappa shape index (κ3) is 2.91. The third-order valence-electron chi connectivity index (χ3n) is 2.92. The van der Waals surface area contributed by atoms with E-state index in [-0.39, 0.29) is 12.5 Å². The Morgan fingerprint density at radius 2 is 2.22 bits per heavy atom. The molecule has 100 valence electrons. The molecule has 0 unspecified atom stereocenters. The quantitative estimate of drug-likeness (QED) is 0.873. The van der Waals surface area contributed by atoms with Gasteiger partial charge in [0.15, 0.2) is 0 Å². The molecule has 2 N–H and O–H groups in total. The van der Waals surface area contributed by atoms with Crippen LogP contribution < -0.4 is 5.32 Å². The highest BCUT2D eigenvalue weighted by Gasteiger charge is 2.27. The smallest absolute Gasteiger partial charge is 0.255 e. The molecule has 0 spiro atoms. The van der Waals surface area contributed by atoms with Crippen molar-refractivity contribution in [3.63, 3.8) is 0 Å². The second-order valence-corrected chi connectivity index (χ2v) is 5.05. The van der Waals surface area contributed by atoms with Crippen LogP contribution in [0.5, 0.6) is 0 Å². The van der Waals surface area contributed by atoms with Gasteiger partial charge in [-0.05, 0) is 19.9 Å². The van der Waals surface area contributed by atoms with Crippen LogP contribution in [0.1, 0.15) is 24.2 Å². The minimum absolute atomic E-state index is 0.120. The third-order valence-corrected chi connectivity index (χ3v) is 3.21. The van der Waals surface area contributed by atoms with Crippen molar-refractivity contribution in [1.29, 1.82) is 0 Å². The summed E-state index contributed by atoms with van der Waals surface area (Å²) in [6.07, 6.45) is 1.46. The lowest BCUT2D eigenvalue weighted by Gasteiger charge is -2.33. The number of nitrogens with zero attached hydrogens (tertiary/aromatic N) is 2. The molecule has 0 bridgehead atoms. The molecule has 0 saturated carbocycles. The van der Waals surface area contributed by atoms with Gasteiger partial charge in [-0.15, -0.1) is 0 Å². The number of nitrogens with one attached hydrogen (secondary N) is 1. The minimum Gasteiger partial charge on any atom is -0.394 e. The summed E-state index contributed by atoms with van der Waals surface area (Å²) in [6, 6.07) is 1.56. The summed E-state index contributed by atoms with van der Waals surface area (Å²) in [6.45, 7) is 3.44. The number of halogens is 1. The van der Waals surface area contributed by atoms with E-state index in [9.17, 15) is 9.90 Å². The zero-order chi connectivity index (χ0) is 13.9. The number of pyridine rings is 1. The number of aromatic nitrogens is 1. The fourth-order valence-corrected chi connectivity index (χ4v) is 1.57. The van der Waals surface area contributed by atoms with Crippen LogP contribution >= 0.6 is 11.6 Å². The summed E-state index contributed by atoms with van der Waals surface area (Å²) in [5, 5.41) is 12.5. The minimum atomic E-state index is -0.634. The maximum atomic E-state index is 12.2. The van der Waals surface area contributed by atoms with Gasteiger partial charge < -0.3 is 15.3 Å².